The van der Waals surface area contributed by atoms with Gasteiger partial charge in [-0.2, -0.15) is 18.4 Å². The molecule has 2 aromatic carbocycles. The van der Waals surface area contributed by atoms with Gasteiger partial charge in [0.2, 0.25) is 5.89 Å². The van der Waals surface area contributed by atoms with Crippen LogP contribution in [0.15, 0.2) is 70.5 Å². The second kappa shape index (κ2) is 11.8. The molecular formula is C31H27F3N4O5. The first-order valence-electron chi connectivity index (χ1n) is 13.7. The van der Waals surface area contributed by atoms with E-state index in [9.17, 15) is 37.9 Å². The summed E-state index contributed by atoms with van der Waals surface area (Å²) in [7, 11) is 0. The lowest BCUT2D eigenvalue weighted by molar-refractivity contribution is -0.137. The quantitative estimate of drug-likeness (QED) is 0.317. The molecule has 2 amide bonds. The van der Waals surface area contributed by atoms with E-state index in [0.717, 1.165) is 42.6 Å². The highest BCUT2D eigenvalue weighted by Gasteiger charge is 2.44. The second-order valence-electron chi connectivity index (χ2n) is 10.6. The molecule has 1 N–H and O–H groups in total. The summed E-state index contributed by atoms with van der Waals surface area (Å²) in [4.78, 5) is 46.3. The van der Waals surface area contributed by atoms with Gasteiger partial charge in [0.1, 0.15) is 6.26 Å². The third kappa shape index (κ3) is 5.88. The van der Waals surface area contributed by atoms with E-state index in [1.165, 1.54) is 24.0 Å². The fourth-order valence-electron chi connectivity index (χ4n) is 5.75. The monoisotopic (exact) mass is 592 g/mol. The summed E-state index contributed by atoms with van der Waals surface area (Å²) in [5, 5.41) is 18.7. The van der Waals surface area contributed by atoms with Crippen molar-refractivity contribution in [3.8, 4) is 6.07 Å². The highest BCUT2D eigenvalue weighted by atomic mass is 19.4. The zero-order valence-corrected chi connectivity index (χ0v) is 23.1. The SMILES string of the molecule is CC1=C(C(=O)C2CCCCC2)C(c2ccc(C#N)cc2)N(Cc2nc(C(=O)O)co2)C(=O)N1c1cccc(C(F)(F)F)c1. The van der Waals surface area contributed by atoms with Gasteiger partial charge in [-0.05, 0) is 55.7 Å². The molecule has 5 rings (SSSR count). The van der Waals surface area contributed by atoms with Gasteiger partial charge in [-0.1, -0.05) is 37.5 Å². The van der Waals surface area contributed by atoms with Crippen LogP contribution in [0.1, 0.15) is 78.1 Å². The Balaban J connectivity index is 1.72. The number of rotatable bonds is 7. The van der Waals surface area contributed by atoms with Gasteiger partial charge in [0, 0.05) is 17.2 Å². The molecule has 0 saturated heterocycles. The Hall–Kier alpha value is -4.92. The van der Waals surface area contributed by atoms with Crippen molar-refractivity contribution in [2.45, 2.75) is 57.8 Å². The molecular weight excluding hydrogens is 565 g/mol. The Morgan fingerprint density at radius 1 is 1.12 bits per heavy atom. The number of halogens is 3. The predicted octanol–water partition coefficient (Wildman–Crippen LogP) is 6.87. The van der Waals surface area contributed by atoms with Gasteiger partial charge in [-0.3, -0.25) is 9.69 Å². The molecule has 0 radical (unpaired) electrons. The number of urea groups is 1. The molecule has 1 unspecified atom stereocenters. The smallest absolute Gasteiger partial charge is 0.416 e. The minimum atomic E-state index is -4.68. The number of oxazole rings is 1. The van der Waals surface area contributed by atoms with Crippen LogP contribution in [0.4, 0.5) is 23.7 Å². The number of alkyl halides is 3. The first-order chi connectivity index (χ1) is 20.5. The molecule has 222 valence electrons. The number of nitrogens with zero attached hydrogens (tertiary/aromatic N) is 4. The second-order valence-corrected chi connectivity index (χ2v) is 10.6. The number of carboxylic acids is 1. The highest BCUT2D eigenvalue weighted by Crippen LogP contribution is 2.44. The van der Waals surface area contributed by atoms with Crippen LogP contribution in [0.25, 0.3) is 0 Å². The maximum atomic E-state index is 14.3. The van der Waals surface area contributed by atoms with Gasteiger partial charge >= 0.3 is 18.2 Å². The van der Waals surface area contributed by atoms with Crippen LogP contribution in [-0.4, -0.2) is 32.8 Å². The zero-order chi connectivity index (χ0) is 30.9. The lowest BCUT2D eigenvalue weighted by atomic mass is 9.79. The maximum Gasteiger partial charge on any atom is 0.416 e. The van der Waals surface area contributed by atoms with Crippen LogP contribution in [-0.2, 0) is 17.5 Å². The summed E-state index contributed by atoms with van der Waals surface area (Å²) >= 11 is 0. The van der Waals surface area contributed by atoms with Crippen molar-refractivity contribution in [2.24, 2.45) is 5.92 Å². The topological polar surface area (TPSA) is 128 Å². The molecule has 12 heteroatoms. The number of hydrogen-bond donors (Lipinski definition) is 1. The lowest BCUT2D eigenvalue weighted by Crippen LogP contribution is -2.51. The first-order valence-corrected chi connectivity index (χ1v) is 13.7. The van der Waals surface area contributed by atoms with Crippen molar-refractivity contribution in [1.29, 1.82) is 5.26 Å². The van der Waals surface area contributed by atoms with Crippen LogP contribution in [0, 0.1) is 17.2 Å². The van der Waals surface area contributed by atoms with E-state index in [2.05, 4.69) is 4.98 Å². The standard InChI is InChI=1S/C31H27F3N4O5/c1-18-26(28(39)21-6-3-2-4-7-21)27(20-12-10-19(15-35)11-13-20)37(16-25-36-24(17-43-25)29(40)41)30(42)38(18)23-9-5-8-22(14-23)31(32,33)34/h5,8-14,17,21,27H,2-4,6-7,16H2,1H3,(H,40,41). The average molecular weight is 593 g/mol. The Morgan fingerprint density at radius 2 is 1.81 bits per heavy atom. The van der Waals surface area contributed by atoms with Crippen LogP contribution >= 0.6 is 0 Å². The summed E-state index contributed by atoms with van der Waals surface area (Å²) in [6.07, 6.45) is 0.185. The van der Waals surface area contributed by atoms with Crippen molar-refractivity contribution >= 4 is 23.5 Å². The molecule has 1 fully saturated rings. The molecule has 1 saturated carbocycles. The van der Waals surface area contributed by atoms with Gasteiger partial charge in [0.25, 0.3) is 0 Å². The molecule has 0 bridgehead atoms. The van der Waals surface area contributed by atoms with Crippen LogP contribution in [0.3, 0.4) is 0 Å². The third-order valence-electron chi connectivity index (χ3n) is 7.85. The summed E-state index contributed by atoms with van der Waals surface area (Å²) in [5.41, 5.74) is -0.210. The number of ketones is 1. The Morgan fingerprint density at radius 3 is 2.42 bits per heavy atom. The fourth-order valence-corrected chi connectivity index (χ4v) is 5.75. The van der Waals surface area contributed by atoms with Crippen LogP contribution < -0.4 is 4.90 Å². The van der Waals surface area contributed by atoms with E-state index < -0.39 is 35.5 Å². The number of hydrogen-bond acceptors (Lipinski definition) is 6. The number of Topliss-reactive ketones (excluding diaryl/α,β-unsaturated/α-hetero) is 1. The molecule has 9 nitrogen and oxygen atoms in total. The van der Waals surface area contributed by atoms with Gasteiger partial charge < -0.3 is 14.4 Å². The van der Waals surface area contributed by atoms with Crippen molar-refractivity contribution in [3.63, 3.8) is 0 Å². The van der Waals surface area contributed by atoms with E-state index in [1.54, 1.807) is 24.3 Å². The number of carbonyl (C=O) groups is 3. The minimum absolute atomic E-state index is 0.0897. The van der Waals surface area contributed by atoms with Crippen molar-refractivity contribution < 1.29 is 37.1 Å². The molecule has 1 atom stereocenters. The highest BCUT2D eigenvalue weighted by molar-refractivity contribution is 6.06. The summed E-state index contributed by atoms with van der Waals surface area (Å²) in [6, 6.07) is 10.8. The number of nitriles is 1. The molecule has 1 aliphatic carbocycles. The predicted molar refractivity (Wildman–Crippen MR) is 147 cm³/mol. The van der Waals surface area contributed by atoms with Crippen molar-refractivity contribution in [1.82, 2.24) is 9.88 Å². The number of carbonyl (C=O) groups excluding carboxylic acids is 2. The number of allylic oxidation sites excluding steroid dienone is 1. The number of anilines is 1. The van der Waals surface area contributed by atoms with Crippen LogP contribution in [0.2, 0.25) is 0 Å². The Kier molecular flexibility index (Phi) is 8.08. The first kappa shape index (κ1) is 29.6. The van der Waals surface area contributed by atoms with Crippen molar-refractivity contribution in [3.05, 3.63) is 94.3 Å². The van der Waals surface area contributed by atoms with Gasteiger partial charge in [-0.15, -0.1) is 0 Å². The summed E-state index contributed by atoms with van der Waals surface area (Å²) in [5.74, 6) is -2.06. The number of amides is 2. The summed E-state index contributed by atoms with van der Waals surface area (Å²) < 4.78 is 46.4. The molecule has 43 heavy (non-hydrogen) atoms. The minimum Gasteiger partial charge on any atom is -0.476 e. The maximum absolute atomic E-state index is 14.3. The number of carboxylic acid groups (broad SMARTS) is 1. The van der Waals surface area contributed by atoms with Gasteiger partial charge in [-0.25, -0.2) is 14.6 Å². The third-order valence-corrected chi connectivity index (χ3v) is 7.85. The van der Waals surface area contributed by atoms with Crippen LogP contribution in [0.5, 0.6) is 0 Å². The largest absolute Gasteiger partial charge is 0.476 e. The zero-order valence-electron chi connectivity index (χ0n) is 23.1. The van der Waals surface area contributed by atoms with E-state index in [4.69, 9.17) is 4.42 Å². The van der Waals surface area contributed by atoms with Gasteiger partial charge in [0.15, 0.2) is 11.5 Å². The number of aromatic carboxylic acids is 1. The van der Waals surface area contributed by atoms with E-state index in [0.29, 0.717) is 24.0 Å². The van der Waals surface area contributed by atoms with E-state index >= 15 is 0 Å². The fraction of sp³-hybridized carbons (Fsp3) is 0.323. The molecule has 2 heterocycles. The van der Waals surface area contributed by atoms with E-state index in [-0.39, 0.29) is 41.1 Å². The average Bonchev–Trinajstić information content (AvgIpc) is 3.47. The van der Waals surface area contributed by atoms with E-state index in [1.807, 2.05) is 6.07 Å². The molecule has 3 aromatic rings. The Bertz CT molecular complexity index is 1630. The lowest BCUT2D eigenvalue weighted by Gasteiger charge is -2.43. The molecule has 2 aliphatic rings. The summed E-state index contributed by atoms with van der Waals surface area (Å²) in [6.45, 7) is 1.15. The normalized spacial score (nSPS) is 18.1. The Labute approximate surface area is 244 Å². The molecule has 1 aromatic heterocycles. The van der Waals surface area contributed by atoms with Crippen molar-refractivity contribution in [2.75, 3.05) is 4.90 Å². The molecule has 0 spiro atoms. The van der Waals surface area contributed by atoms with Gasteiger partial charge in [0.05, 0.1) is 35.5 Å². The number of benzene rings is 2. The molecule has 1 aliphatic heterocycles. The number of aromatic nitrogens is 1.